The third-order valence-electron chi connectivity index (χ3n) is 3.82. The van der Waals surface area contributed by atoms with Crippen LogP contribution in [0, 0.1) is 5.82 Å². The van der Waals surface area contributed by atoms with Crippen molar-refractivity contribution in [3.63, 3.8) is 0 Å². The Morgan fingerprint density at radius 2 is 2.12 bits per heavy atom. The first-order valence-corrected chi connectivity index (χ1v) is 10.4. The fourth-order valence-electron chi connectivity index (χ4n) is 2.72. The maximum absolute atomic E-state index is 13.8. The van der Waals surface area contributed by atoms with Crippen molar-refractivity contribution in [1.29, 1.82) is 0 Å². The Kier molecular flexibility index (Phi) is 6.52. The average Bonchev–Trinajstić information content (AvgIpc) is 2.49. The van der Waals surface area contributed by atoms with Crippen LogP contribution in [-0.4, -0.2) is 44.1 Å². The summed E-state index contributed by atoms with van der Waals surface area (Å²) in [6.07, 6.45) is 0.759. The molecule has 1 saturated heterocycles. The zero-order valence-corrected chi connectivity index (χ0v) is 16.7. The maximum atomic E-state index is 13.8. The highest BCUT2D eigenvalue weighted by molar-refractivity contribution is 7.88. The summed E-state index contributed by atoms with van der Waals surface area (Å²) in [5.74, 6) is -1.22. The highest BCUT2D eigenvalue weighted by Gasteiger charge is 2.30. The topological polar surface area (TPSA) is 75.7 Å². The Labute approximate surface area is 158 Å². The summed E-state index contributed by atoms with van der Waals surface area (Å²) < 4.78 is 46.5. The van der Waals surface area contributed by atoms with Crippen LogP contribution < -0.4 is 4.72 Å². The normalized spacial score (nSPS) is 18.7. The molecule has 1 aliphatic rings. The van der Waals surface area contributed by atoms with Gasteiger partial charge in [0.25, 0.3) is 0 Å². The van der Waals surface area contributed by atoms with Gasteiger partial charge in [0, 0.05) is 29.7 Å². The molecule has 1 N–H and O–H groups in total. The second-order valence-electron chi connectivity index (χ2n) is 7.34. The van der Waals surface area contributed by atoms with E-state index in [2.05, 4.69) is 4.72 Å². The molecule has 1 atom stereocenters. The predicted octanol–water partition coefficient (Wildman–Crippen LogP) is 3.30. The lowest BCUT2D eigenvalue weighted by Crippen LogP contribution is -2.50. The molecule has 9 heteroatoms. The van der Waals surface area contributed by atoms with Crippen molar-refractivity contribution >= 4 is 27.7 Å². The fraction of sp³-hybridized carbons (Fsp3) is 0.588. The largest absolute Gasteiger partial charge is 0.444 e. The van der Waals surface area contributed by atoms with Crippen LogP contribution in [0.15, 0.2) is 18.2 Å². The molecule has 1 aliphatic heterocycles. The number of hydrogen-bond acceptors (Lipinski definition) is 4. The van der Waals surface area contributed by atoms with Gasteiger partial charge in [-0.2, -0.15) is 0 Å². The van der Waals surface area contributed by atoms with Crippen LogP contribution in [0.3, 0.4) is 0 Å². The van der Waals surface area contributed by atoms with Gasteiger partial charge in [-0.25, -0.2) is 22.3 Å². The number of hydrogen-bond donors (Lipinski definition) is 1. The van der Waals surface area contributed by atoms with Crippen molar-refractivity contribution in [2.24, 2.45) is 0 Å². The van der Waals surface area contributed by atoms with E-state index in [-0.39, 0.29) is 17.1 Å². The summed E-state index contributed by atoms with van der Waals surface area (Å²) in [5.41, 5.74) is -0.688. The number of ether oxygens (including phenoxy) is 1. The minimum absolute atomic E-state index is 0.0643. The lowest BCUT2D eigenvalue weighted by Gasteiger charge is -2.34. The van der Waals surface area contributed by atoms with Gasteiger partial charge in [-0.15, -0.1) is 0 Å². The van der Waals surface area contributed by atoms with E-state index in [1.807, 2.05) is 0 Å². The minimum atomic E-state index is -3.82. The standard InChI is InChI=1S/C17H24ClFN2O4S/c1-17(2,3)25-16(22)21-9-5-6-12(10-21)20-26(23,24)11-13-14(18)7-4-8-15(13)19/h4,7-8,12,20H,5-6,9-11H2,1-3H3. The Bertz CT molecular complexity index is 744. The number of carbonyl (C=O) groups is 1. The molecule has 26 heavy (non-hydrogen) atoms. The third-order valence-corrected chi connectivity index (χ3v) is 5.53. The number of nitrogens with zero attached hydrogens (tertiary/aromatic N) is 1. The van der Waals surface area contributed by atoms with E-state index in [9.17, 15) is 17.6 Å². The third kappa shape index (κ3) is 6.10. The molecule has 0 bridgehead atoms. The molecule has 6 nitrogen and oxygen atoms in total. The van der Waals surface area contributed by atoms with Crippen molar-refractivity contribution in [2.75, 3.05) is 13.1 Å². The van der Waals surface area contributed by atoms with E-state index in [0.29, 0.717) is 19.4 Å². The van der Waals surface area contributed by atoms with E-state index < -0.39 is 39.3 Å². The van der Waals surface area contributed by atoms with Crippen LogP contribution in [-0.2, 0) is 20.5 Å². The van der Waals surface area contributed by atoms with E-state index in [1.165, 1.54) is 23.1 Å². The van der Waals surface area contributed by atoms with Gasteiger partial charge in [0.1, 0.15) is 11.4 Å². The number of nitrogens with one attached hydrogen (secondary N) is 1. The summed E-state index contributed by atoms with van der Waals surface area (Å²) in [6, 6.07) is 3.58. The second-order valence-corrected chi connectivity index (χ2v) is 9.50. The van der Waals surface area contributed by atoms with Gasteiger partial charge >= 0.3 is 6.09 Å². The monoisotopic (exact) mass is 406 g/mol. The van der Waals surface area contributed by atoms with Crippen molar-refractivity contribution in [3.05, 3.63) is 34.6 Å². The number of sulfonamides is 1. The Hall–Kier alpha value is -1.38. The summed E-state index contributed by atoms with van der Waals surface area (Å²) in [5, 5.41) is 0.0643. The van der Waals surface area contributed by atoms with Crippen molar-refractivity contribution < 1.29 is 22.3 Å². The quantitative estimate of drug-likeness (QED) is 0.832. The number of carbonyl (C=O) groups excluding carboxylic acids is 1. The number of rotatable bonds is 4. The van der Waals surface area contributed by atoms with Gasteiger partial charge in [-0.3, -0.25) is 0 Å². The summed E-state index contributed by atoms with van der Waals surface area (Å²) in [7, 11) is -3.82. The van der Waals surface area contributed by atoms with Gasteiger partial charge in [0.15, 0.2) is 0 Å². The van der Waals surface area contributed by atoms with E-state index >= 15 is 0 Å². The van der Waals surface area contributed by atoms with Crippen molar-refractivity contribution in [1.82, 2.24) is 9.62 Å². The number of benzene rings is 1. The first-order chi connectivity index (χ1) is 12.0. The van der Waals surface area contributed by atoms with Gasteiger partial charge in [0.2, 0.25) is 10.0 Å². The predicted molar refractivity (Wildman–Crippen MR) is 98.0 cm³/mol. The molecule has 1 heterocycles. The van der Waals surface area contributed by atoms with Crippen LogP contribution in [0.1, 0.15) is 39.2 Å². The van der Waals surface area contributed by atoms with Crippen LogP contribution in [0.5, 0.6) is 0 Å². The molecule has 0 saturated carbocycles. The lowest BCUT2D eigenvalue weighted by molar-refractivity contribution is 0.0195. The zero-order valence-electron chi connectivity index (χ0n) is 15.1. The number of piperidine rings is 1. The second kappa shape index (κ2) is 8.10. The molecular formula is C17H24ClFN2O4S. The molecule has 0 aromatic heterocycles. The van der Waals surface area contributed by atoms with Crippen molar-refractivity contribution in [2.45, 2.75) is 51.0 Å². The number of amides is 1. The van der Waals surface area contributed by atoms with Crippen LogP contribution in [0.2, 0.25) is 5.02 Å². The summed E-state index contributed by atoms with van der Waals surface area (Å²) in [6.45, 7) is 6.03. The summed E-state index contributed by atoms with van der Waals surface area (Å²) >= 11 is 5.90. The molecule has 0 spiro atoms. The molecule has 146 valence electrons. The van der Waals surface area contributed by atoms with E-state index in [1.54, 1.807) is 20.8 Å². The Morgan fingerprint density at radius 1 is 1.42 bits per heavy atom. The molecule has 1 aromatic rings. The minimum Gasteiger partial charge on any atom is -0.444 e. The number of likely N-dealkylation sites (tertiary alicyclic amines) is 1. The van der Waals surface area contributed by atoms with Crippen LogP contribution in [0.4, 0.5) is 9.18 Å². The molecule has 1 unspecified atom stereocenters. The van der Waals surface area contributed by atoms with E-state index in [0.717, 1.165) is 0 Å². The average molecular weight is 407 g/mol. The van der Waals surface area contributed by atoms with Gasteiger partial charge < -0.3 is 9.64 Å². The molecule has 1 amide bonds. The highest BCUT2D eigenvalue weighted by atomic mass is 35.5. The molecule has 1 fully saturated rings. The molecule has 0 radical (unpaired) electrons. The first kappa shape index (κ1) is 20.9. The van der Waals surface area contributed by atoms with Crippen molar-refractivity contribution in [3.8, 4) is 0 Å². The smallest absolute Gasteiger partial charge is 0.410 e. The maximum Gasteiger partial charge on any atom is 0.410 e. The summed E-state index contributed by atoms with van der Waals surface area (Å²) in [4.78, 5) is 13.6. The molecule has 2 rings (SSSR count). The zero-order chi connectivity index (χ0) is 19.5. The first-order valence-electron chi connectivity index (χ1n) is 8.38. The highest BCUT2D eigenvalue weighted by Crippen LogP contribution is 2.22. The number of halogens is 2. The molecule has 1 aromatic carbocycles. The molecule has 0 aliphatic carbocycles. The van der Waals surface area contributed by atoms with E-state index in [4.69, 9.17) is 16.3 Å². The van der Waals surface area contributed by atoms with Crippen LogP contribution in [0.25, 0.3) is 0 Å². The molecular weight excluding hydrogens is 383 g/mol. The lowest BCUT2D eigenvalue weighted by atomic mass is 10.1. The van der Waals surface area contributed by atoms with Gasteiger partial charge in [0.05, 0.1) is 5.75 Å². The SMILES string of the molecule is CC(C)(C)OC(=O)N1CCCC(NS(=O)(=O)Cc2c(F)cccc2Cl)C1. The van der Waals surface area contributed by atoms with Crippen LogP contribution >= 0.6 is 11.6 Å². The Morgan fingerprint density at radius 3 is 2.73 bits per heavy atom. The fourth-order valence-corrected chi connectivity index (χ4v) is 4.49. The Balaban J connectivity index is 2.01. The van der Waals surface area contributed by atoms with Gasteiger partial charge in [-0.05, 0) is 45.7 Å². The van der Waals surface area contributed by atoms with Gasteiger partial charge in [-0.1, -0.05) is 17.7 Å².